The van der Waals surface area contributed by atoms with E-state index in [0.717, 1.165) is 0 Å². The molecule has 0 aliphatic carbocycles. The Labute approximate surface area is 101 Å². The van der Waals surface area contributed by atoms with E-state index in [1.54, 1.807) is 18.2 Å². The largest absolute Gasteiger partial charge is 0.508 e. The zero-order valence-corrected chi connectivity index (χ0v) is 10.4. The maximum atomic E-state index is 9.30. The number of hydrogen-bond donors (Lipinski definition) is 1. The summed E-state index contributed by atoms with van der Waals surface area (Å²) in [4.78, 5) is 0. The second-order valence-electron chi connectivity index (χ2n) is 5.11. The Morgan fingerprint density at radius 3 is 2.82 bits per heavy atom. The summed E-state index contributed by atoms with van der Waals surface area (Å²) in [5.74, 6) is 1.41. The number of aromatic hydroxyl groups is 1. The average molecular weight is 238 g/mol. The van der Waals surface area contributed by atoms with Gasteiger partial charge >= 0.3 is 0 Å². The van der Waals surface area contributed by atoms with Gasteiger partial charge in [-0.2, -0.15) is 0 Å². The van der Waals surface area contributed by atoms with Gasteiger partial charge in [-0.15, -0.1) is 0 Å². The molecule has 1 N–H and O–H groups in total. The number of hydrogen-bond acceptors (Lipinski definition) is 4. The molecule has 0 spiro atoms. The molecule has 1 atom stereocenters. The normalized spacial score (nSPS) is 19.1. The third-order valence-corrected chi connectivity index (χ3v) is 2.35. The van der Waals surface area contributed by atoms with Gasteiger partial charge < -0.3 is 19.3 Å². The van der Waals surface area contributed by atoms with Crippen molar-refractivity contribution in [1.29, 1.82) is 0 Å². The molecule has 0 unspecified atom stereocenters. The first kappa shape index (κ1) is 12.0. The van der Waals surface area contributed by atoms with E-state index in [1.165, 1.54) is 0 Å². The van der Waals surface area contributed by atoms with Crippen molar-refractivity contribution in [3.8, 4) is 17.2 Å². The van der Waals surface area contributed by atoms with Gasteiger partial charge in [0, 0.05) is 6.07 Å². The first-order chi connectivity index (χ1) is 7.94. The third kappa shape index (κ3) is 3.27. The monoisotopic (exact) mass is 238 g/mol. The molecule has 17 heavy (non-hydrogen) atoms. The molecule has 94 valence electrons. The van der Waals surface area contributed by atoms with E-state index in [0.29, 0.717) is 24.7 Å². The fourth-order valence-corrected chi connectivity index (χ4v) is 1.53. The quantitative estimate of drug-likeness (QED) is 0.859. The van der Waals surface area contributed by atoms with Crippen LogP contribution in [0.1, 0.15) is 20.8 Å². The van der Waals surface area contributed by atoms with Crippen LogP contribution >= 0.6 is 0 Å². The molecular formula is C13H18O4. The van der Waals surface area contributed by atoms with Gasteiger partial charge in [-0.25, -0.2) is 0 Å². The Balaban J connectivity index is 1.97. The van der Waals surface area contributed by atoms with Crippen LogP contribution in [0.3, 0.4) is 0 Å². The molecule has 4 nitrogen and oxygen atoms in total. The highest BCUT2D eigenvalue weighted by Crippen LogP contribution is 2.34. The van der Waals surface area contributed by atoms with Gasteiger partial charge in [0.25, 0.3) is 0 Å². The summed E-state index contributed by atoms with van der Waals surface area (Å²) >= 11 is 0. The van der Waals surface area contributed by atoms with Crippen LogP contribution in [0.2, 0.25) is 0 Å². The van der Waals surface area contributed by atoms with Gasteiger partial charge in [-0.3, -0.25) is 0 Å². The van der Waals surface area contributed by atoms with Gasteiger partial charge in [0.2, 0.25) is 0 Å². The highest BCUT2D eigenvalue weighted by atomic mass is 16.6. The van der Waals surface area contributed by atoms with Crippen molar-refractivity contribution in [3.63, 3.8) is 0 Å². The van der Waals surface area contributed by atoms with Gasteiger partial charge in [0.05, 0.1) is 12.2 Å². The SMILES string of the molecule is CC(C)(C)OC[C@H]1COc2cc(O)ccc2O1. The summed E-state index contributed by atoms with van der Waals surface area (Å²) in [7, 11) is 0. The minimum absolute atomic E-state index is 0.105. The second-order valence-corrected chi connectivity index (χ2v) is 5.11. The first-order valence-electron chi connectivity index (χ1n) is 5.70. The third-order valence-electron chi connectivity index (χ3n) is 2.35. The Hall–Kier alpha value is -1.42. The molecule has 4 heteroatoms. The zero-order chi connectivity index (χ0) is 12.5. The van der Waals surface area contributed by atoms with E-state index >= 15 is 0 Å². The number of benzene rings is 1. The topological polar surface area (TPSA) is 47.9 Å². The Bertz CT molecular complexity index is 395. The highest BCUT2D eigenvalue weighted by Gasteiger charge is 2.23. The summed E-state index contributed by atoms with van der Waals surface area (Å²) in [6.45, 7) is 6.93. The Kier molecular flexibility index (Phi) is 3.15. The van der Waals surface area contributed by atoms with Gasteiger partial charge in [0.15, 0.2) is 17.6 Å². The molecule has 0 saturated carbocycles. The molecule has 1 aliphatic heterocycles. The highest BCUT2D eigenvalue weighted by molar-refractivity contribution is 5.45. The number of ether oxygens (including phenoxy) is 3. The molecule has 0 aromatic heterocycles. The molecule has 0 fully saturated rings. The summed E-state index contributed by atoms with van der Waals surface area (Å²) < 4.78 is 16.9. The average Bonchev–Trinajstić information content (AvgIpc) is 2.25. The molecule has 2 rings (SSSR count). The predicted molar refractivity (Wildman–Crippen MR) is 63.7 cm³/mol. The maximum Gasteiger partial charge on any atom is 0.165 e. The van der Waals surface area contributed by atoms with E-state index < -0.39 is 0 Å². The van der Waals surface area contributed by atoms with Crippen LogP contribution in [-0.4, -0.2) is 30.0 Å². The molecule has 1 aromatic carbocycles. The van der Waals surface area contributed by atoms with Crippen LogP contribution in [-0.2, 0) is 4.74 Å². The summed E-state index contributed by atoms with van der Waals surface area (Å²) in [5.41, 5.74) is -0.182. The fraction of sp³-hybridized carbons (Fsp3) is 0.538. The Morgan fingerprint density at radius 1 is 1.35 bits per heavy atom. The van der Waals surface area contributed by atoms with Crippen LogP contribution < -0.4 is 9.47 Å². The maximum absolute atomic E-state index is 9.30. The van der Waals surface area contributed by atoms with Crippen LogP contribution in [0.5, 0.6) is 17.2 Å². The number of fused-ring (bicyclic) bond motifs is 1. The van der Waals surface area contributed by atoms with Crippen molar-refractivity contribution in [3.05, 3.63) is 18.2 Å². The summed E-state index contributed by atoms with van der Waals surface area (Å²) in [5, 5.41) is 9.30. The zero-order valence-electron chi connectivity index (χ0n) is 10.4. The van der Waals surface area contributed by atoms with Crippen molar-refractivity contribution in [2.45, 2.75) is 32.5 Å². The predicted octanol–water partition coefficient (Wildman–Crippen LogP) is 2.35. The lowest BCUT2D eigenvalue weighted by Gasteiger charge is -2.29. The number of phenols is 1. The van der Waals surface area contributed by atoms with Crippen molar-refractivity contribution in [2.75, 3.05) is 13.2 Å². The van der Waals surface area contributed by atoms with Crippen LogP contribution in [0.4, 0.5) is 0 Å². The number of rotatable bonds is 2. The summed E-state index contributed by atoms with van der Waals surface area (Å²) in [6.07, 6.45) is -0.105. The molecule has 0 bridgehead atoms. The van der Waals surface area contributed by atoms with Crippen LogP contribution in [0, 0.1) is 0 Å². The van der Waals surface area contributed by atoms with Crippen molar-refractivity contribution in [1.82, 2.24) is 0 Å². The lowest BCUT2D eigenvalue weighted by Crippen LogP contribution is -2.36. The first-order valence-corrected chi connectivity index (χ1v) is 5.70. The van der Waals surface area contributed by atoms with Gasteiger partial charge in [0.1, 0.15) is 12.4 Å². The minimum atomic E-state index is -0.182. The van der Waals surface area contributed by atoms with Crippen molar-refractivity contribution >= 4 is 0 Å². The van der Waals surface area contributed by atoms with Crippen LogP contribution in [0.25, 0.3) is 0 Å². The lowest BCUT2D eigenvalue weighted by atomic mass is 10.2. The van der Waals surface area contributed by atoms with Crippen molar-refractivity contribution < 1.29 is 19.3 Å². The summed E-state index contributed by atoms with van der Waals surface area (Å²) in [6, 6.07) is 4.83. The van der Waals surface area contributed by atoms with E-state index in [1.807, 2.05) is 20.8 Å². The minimum Gasteiger partial charge on any atom is -0.508 e. The van der Waals surface area contributed by atoms with E-state index in [-0.39, 0.29) is 17.5 Å². The van der Waals surface area contributed by atoms with E-state index in [4.69, 9.17) is 14.2 Å². The number of phenolic OH excluding ortho intramolecular Hbond substituents is 1. The molecule has 1 aromatic rings. The Morgan fingerprint density at radius 2 is 2.12 bits per heavy atom. The molecule has 0 amide bonds. The van der Waals surface area contributed by atoms with E-state index in [2.05, 4.69) is 0 Å². The lowest BCUT2D eigenvalue weighted by molar-refractivity contribution is -0.0583. The molecule has 1 aliphatic rings. The van der Waals surface area contributed by atoms with Crippen molar-refractivity contribution in [2.24, 2.45) is 0 Å². The molecule has 1 heterocycles. The van der Waals surface area contributed by atoms with E-state index in [9.17, 15) is 5.11 Å². The molecule has 0 saturated heterocycles. The molecular weight excluding hydrogens is 220 g/mol. The second kappa shape index (κ2) is 4.45. The fourth-order valence-electron chi connectivity index (χ4n) is 1.53. The smallest absolute Gasteiger partial charge is 0.165 e. The standard InChI is InChI=1S/C13H18O4/c1-13(2,3)16-8-10-7-15-12-6-9(14)4-5-11(12)17-10/h4-6,10,14H,7-8H2,1-3H3/t10-/m1/s1. The van der Waals surface area contributed by atoms with Crippen LogP contribution in [0.15, 0.2) is 18.2 Å². The van der Waals surface area contributed by atoms with Gasteiger partial charge in [-0.05, 0) is 32.9 Å². The van der Waals surface area contributed by atoms with Gasteiger partial charge in [-0.1, -0.05) is 0 Å². The molecule has 0 radical (unpaired) electrons.